The molecule has 0 aliphatic heterocycles. The minimum Gasteiger partial charge on any atom is -0.481 e. The average molecular weight is 237 g/mol. The summed E-state index contributed by atoms with van der Waals surface area (Å²) < 4.78 is 5.01. The van der Waals surface area contributed by atoms with Gasteiger partial charge in [0.2, 0.25) is 5.91 Å². The Hall–Kier alpha value is -2.04. The predicted octanol–water partition coefficient (Wildman–Crippen LogP) is 1.52. The summed E-state index contributed by atoms with van der Waals surface area (Å²) in [6.45, 7) is 3.20. The molecular weight excluding hydrogens is 222 g/mol. The van der Waals surface area contributed by atoms with Gasteiger partial charge in [-0.15, -0.1) is 0 Å². The zero-order valence-electron chi connectivity index (χ0n) is 9.71. The van der Waals surface area contributed by atoms with Crippen LogP contribution >= 0.6 is 0 Å². The Labute approximate surface area is 99.1 Å². The second-order valence-corrected chi connectivity index (χ2v) is 3.77. The maximum absolute atomic E-state index is 11.4. The molecule has 2 atom stereocenters. The largest absolute Gasteiger partial charge is 0.481 e. The van der Waals surface area contributed by atoms with Gasteiger partial charge in [-0.2, -0.15) is 0 Å². The molecule has 5 heteroatoms. The van der Waals surface area contributed by atoms with Crippen molar-refractivity contribution in [2.45, 2.75) is 19.9 Å². The van der Waals surface area contributed by atoms with Crippen LogP contribution in [-0.2, 0) is 9.59 Å². The Morgan fingerprint density at radius 3 is 2.71 bits per heavy atom. The maximum Gasteiger partial charge on any atom is 0.308 e. The lowest BCUT2D eigenvalue weighted by Gasteiger charge is -2.16. The minimum atomic E-state index is -0.937. The Morgan fingerprint density at radius 1 is 1.47 bits per heavy atom. The second kappa shape index (κ2) is 5.89. The number of hydrogen-bond acceptors (Lipinski definition) is 3. The van der Waals surface area contributed by atoms with E-state index in [9.17, 15) is 9.59 Å². The van der Waals surface area contributed by atoms with Crippen molar-refractivity contribution in [2.75, 3.05) is 0 Å². The molecule has 2 N–H and O–H groups in total. The van der Waals surface area contributed by atoms with Gasteiger partial charge in [0.1, 0.15) is 5.76 Å². The van der Waals surface area contributed by atoms with Gasteiger partial charge >= 0.3 is 5.97 Å². The summed E-state index contributed by atoms with van der Waals surface area (Å²) in [5.74, 6) is -1.34. The number of rotatable bonds is 5. The van der Waals surface area contributed by atoms with Crippen LogP contribution in [-0.4, -0.2) is 23.0 Å². The lowest BCUT2D eigenvalue weighted by molar-refractivity contribution is -0.142. The molecule has 1 aromatic rings. The number of carboxylic acid groups (broad SMARTS) is 1. The van der Waals surface area contributed by atoms with E-state index in [4.69, 9.17) is 9.52 Å². The SMILES string of the molecule is CC(NC(=O)/C=C/c1ccco1)C(C)C(=O)O. The van der Waals surface area contributed by atoms with Crippen molar-refractivity contribution in [2.24, 2.45) is 5.92 Å². The summed E-state index contributed by atoms with van der Waals surface area (Å²) in [6, 6.07) is 3.00. The van der Waals surface area contributed by atoms with Crippen molar-refractivity contribution in [1.29, 1.82) is 0 Å². The fourth-order valence-electron chi connectivity index (χ4n) is 1.16. The summed E-state index contributed by atoms with van der Waals surface area (Å²) in [5, 5.41) is 11.3. The number of carboxylic acids is 1. The number of carbonyl (C=O) groups excluding carboxylic acids is 1. The third kappa shape index (κ3) is 4.14. The van der Waals surface area contributed by atoms with E-state index in [-0.39, 0.29) is 5.91 Å². The first-order chi connectivity index (χ1) is 8.00. The highest BCUT2D eigenvalue weighted by molar-refractivity contribution is 5.91. The number of carbonyl (C=O) groups is 2. The van der Waals surface area contributed by atoms with Crippen LogP contribution in [0.5, 0.6) is 0 Å². The van der Waals surface area contributed by atoms with Gasteiger partial charge in [0, 0.05) is 12.1 Å². The van der Waals surface area contributed by atoms with Crippen molar-refractivity contribution in [1.82, 2.24) is 5.32 Å². The summed E-state index contributed by atoms with van der Waals surface area (Å²) in [6.07, 6.45) is 4.34. The van der Waals surface area contributed by atoms with Crippen LogP contribution in [0.25, 0.3) is 6.08 Å². The zero-order chi connectivity index (χ0) is 12.8. The lowest BCUT2D eigenvalue weighted by atomic mass is 10.0. The minimum absolute atomic E-state index is 0.345. The normalized spacial score (nSPS) is 14.5. The molecule has 1 heterocycles. The molecule has 0 bridgehead atoms. The Bertz CT molecular complexity index is 408. The standard InChI is InChI=1S/C12H15NO4/c1-8(12(15)16)9(2)13-11(14)6-5-10-4-3-7-17-10/h3-9H,1-2H3,(H,13,14)(H,15,16)/b6-5+. The van der Waals surface area contributed by atoms with Gasteiger partial charge in [-0.05, 0) is 32.1 Å². The van der Waals surface area contributed by atoms with Crippen LogP contribution in [0.3, 0.4) is 0 Å². The van der Waals surface area contributed by atoms with Crippen molar-refractivity contribution < 1.29 is 19.1 Å². The molecule has 0 saturated heterocycles. The van der Waals surface area contributed by atoms with E-state index in [1.54, 1.807) is 26.0 Å². The van der Waals surface area contributed by atoms with Crippen LogP contribution in [0.1, 0.15) is 19.6 Å². The van der Waals surface area contributed by atoms with Gasteiger partial charge < -0.3 is 14.8 Å². The molecule has 1 rings (SSSR count). The highest BCUT2D eigenvalue weighted by atomic mass is 16.4. The van der Waals surface area contributed by atoms with Gasteiger partial charge in [0.25, 0.3) is 0 Å². The fourth-order valence-corrected chi connectivity index (χ4v) is 1.16. The topological polar surface area (TPSA) is 79.5 Å². The molecule has 17 heavy (non-hydrogen) atoms. The van der Waals surface area contributed by atoms with Gasteiger partial charge in [0.15, 0.2) is 0 Å². The molecule has 0 spiro atoms. The highest BCUT2D eigenvalue weighted by Crippen LogP contribution is 2.04. The third-order valence-electron chi connectivity index (χ3n) is 2.45. The Balaban J connectivity index is 2.47. The third-order valence-corrected chi connectivity index (χ3v) is 2.45. The van der Waals surface area contributed by atoms with E-state index in [1.807, 2.05) is 0 Å². The molecule has 1 amide bonds. The molecule has 0 aliphatic carbocycles. The Morgan fingerprint density at radius 2 is 2.18 bits per heavy atom. The number of amides is 1. The van der Waals surface area contributed by atoms with Gasteiger partial charge in [0.05, 0.1) is 12.2 Å². The van der Waals surface area contributed by atoms with Crippen molar-refractivity contribution in [3.63, 3.8) is 0 Å². The van der Waals surface area contributed by atoms with E-state index >= 15 is 0 Å². The number of furan rings is 1. The predicted molar refractivity (Wildman–Crippen MR) is 62.1 cm³/mol. The molecule has 2 unspecified atom stereocenters. The molecule has 1 aromatic heterocycles. The molecule has 0 fully saturated rings. The first kappa shape index (κ1) is 13.0. The van der Waals surface area contributed by atoms with Crippen LogP contribution in [0.4, 0.5) is 0 Å². The molecule has 0 aromatic carbocycles. The zero-order valence-corrected chi connectivity index (χ0v) is 9.71. The van der Waals surface area contributed by atoms with E-state index in [1.165, 1.54) is 18.4 Å². The van der Waals surface area contributed by atoms with Crippen molar-refractivity contribution >= 4 is 18.0 Å². The molecule has 0 radical (unpaired) electrons. The second-order valence-electron chi connectivity index (χ2n) is 3.77. The first-order valence-corrected chi connectivity index (χ1v) is 5.25. The van der Waals surface area contributed by atoms with Gasteiger partial charge in [-0.1, -0.05) is 0 Å². The molecule has 0 aliphatic rings. The first-order valence-electron chi connectivity index (χ1n) is 5.25. The van der Waals surface area contributed by atoms with Crippen molar-refractivity contribution in [3.8, 4) is 0 Å². The summed E-state index contributed by atoms with van der Waals surface area (Å²) in [5.41, 5.74) is 0. The number of hydrogen-bond donors (Lipinski definition) is 2. The van der Waals surface area contributed by atoms with E-state index in [0.29, 0.717) is 5.76 Å². The molecule has 5 nitrogen and oxygen atoms in total. The van der Waals surface area contributed by atoms with Gasteiger partial charge in [-0.25, -0.2) is 0 Å². The van der Waals surface area contributed by atoms with Crippen LogP contribution in [0.15, 0.2) is 28.9 Å². The number of aliphatic carboxylic acids is 1. The van der Waals surface area contributed by atoms with Crippen LogP contribution in [0, 0.1) is 5.92 Å². The molecular formula is C12H15NO4. The number of nitrogens with one attached hydrogen (secondary N) is 1. The van der Waals surface area contributed by atoms with E-state index in [2.05, 4.69) is 5.32 Å². The monoisotopic (exact) mass is 237 g/mol. The summed E-state index contributed by atoms with van der Waals surface area (Å²) in [4.78, 5) is 22.1. The van der Waals surface area contributed by atoms with E-state index in [0.717, 1.165) is 0 Å². The quantitative estimate of drug-likeness (QED) is 0.761. The maximum atomic E-state index is 11.4. The highest BCUT2D eigenvalue weighted by Gasteiger charge is 2.19. The van der Waals surface area contributed by atoms with E-state index < -0.39 is 17.9 Å². The fraction of sp³-hybridized carbons (Fsp3) is 0.333. The summed E-state index contributed by atoms with van der Waals surface area (Å²) in [7, 11) is 0. The lowest BCUT2D eigenvalue weighted by Crippen LogP contribution is -2.39. The van der Waals surface area contributed by atoms with Crippen LogP contribution < -0.4 is 5.32 Å². The molecule has 0 saturated carbocycles. The van der Waals surface area contributed by atoms with Crippen molar-refractivity contribution in [3.05, 3.63) is 30.2 Å². The van der Waals surface area contributed by atoms with Gasteiger partial charge in [-0.3, -0.25) is 9.59 Å². The molecule has 92 valence electrons. The summed E-state index contributed by atoms with van der Waals surface area (Å²) >= 11 is 0. The average Bonchev–Trinajstić information content (AvgIpc) is 2.77. The Kier molecular flexibility index (Phi) is 4.51. The smallest absolute Gasteiger partial charge is 0.308 e. The van der Waals surface area contributed by atoms with Crippen LogP contribution in [0.2, 0.25) is 0 Å².